The van der Waals surface area contributed by atoms with Crippen LogP contribution in [0.2, 0.25) is 0 Å². The molecule has 26 heavy (non-hydrogen) atoms. The van der Waals surface area contributed by atoms with E-state index < -0.39 is 0 Å². The minimum absolute atomic E-state index is 0.344. The van der Waals surface area contributed by atoms with Crippen molar-refractivity contribution < 1.29 is 0 Å². The van der Waals surface area contributed by atoms with Crippen LogP contribution in [0.5, 0.6) is 0 Å². The van der Waals surface area contributed by atoms with Crippen LogP contribution in [0.3, 0.4) is 0 Å². The first kappa shape index (κ1) is 19.2. The third kappa shape index (κ3) is 3.89. The van der Waals surface area contributed by atoms with Crippen LogP contribution in [0.25, 0.3) is 0 Å². The van der Waals surface area contributed by atoms with Gasteiger partial charge in [-0.1, -0.05) is 63.1 Å². The molecule has 1 aromatic carbocycles. The normalized spacial score (nSPS) is 32.0. The van der Waals surface area contributed by atoms with Gasteiger partial charge in [0.05, 0.1) is 6.07 Å². The molecule has 0 unspecified atom stereocenters. The molecule has 0 heterocycles. The number of rotatable bonds is 5. The smallest absolute Gasteiger partial charge is 0.0911 e. The molecule has 1 aromatic rings. The summed E-state index contributed by atoms with van der Waals surface area (Å²) in [6.45, 7) is 9.41. The molecule has 0 saturated heterocycles. The van der Waals surface area contributed by atoms with E-state index in [-0.39, 0.29) is 0 Å². The molecule has 0 bridgehead atoms. The lowest BCUT2D eigenvalue weighted by molar-refractivity contribution is -0.0540. The minimum atomic E-state index is 0.344. The highest BCUT2D eigenvalue weighted by Crippen LogP contribution is 2.61. The van der Waals surface area contributed by atoms with Crippen LogP contribution in [0.15, 0.2) is 42.0 Å². The molecule has 2 aliphatic carbocycles. The Morgan fingerprint density at radius 3 is 2.69 bits per heavy atom. The van der Waals surface area contributed by atoms with Gasteiger partial charge in [0.2, 0.25) is 0 Å². The first-order valence-electron chi connectivity index (χ1n) is 10.3. The molecule has 0 amide bonds. The molecular formula is C24H34N2. The topological polar surface area (TPSA) is 35.8 Å². The summed E-state index contributed by atoms with van der Waals surface area (Å²) in [5, 5.41) is 12.9. The molecule has 0 spiro atoms. The number of nitriles is 1. The summed E-state index contributed by atoms with van der Waals surface area (Å²) in [6, 6.07) is 13.0. The van der Waals surface area contributed by atoms with Crippen LogP contribution in [-0.4, -0.2) is 6.54 Å². The minimum Gasteiger partial charge on any atom is -0.313 e. The Morgan fingerprint density at radius 2 is 1.96 bits per heavy atom. The monoisotopic (exact) mass is 350 g/mol. The van der Waals surface area contributed by atoms with Crippen molar-refractivity contribution in [1.82, 2.24) is 5.32 Å². The van der Waals surface area contributed by atoms with Crippen molar-refractivity contribution in [3.63, 3.8) is 0 Å². The van der Waals surface area contributed by atoms with Gasteiger partial charge in [-0.3, -0.25) is 0 Å². The Kier molecular flexibility index (Phi) is 5.88. The van der Waals surface area contributed by atoms with E-state index in [9.17, 15) is 5.26 Å². The van der Waals surface area contributed by atoms with Crippen molar-refractivity contribution >= 4 is 0 Å². The number of hydrogen-bond acceptors (Lipinski definition) is 2. The third-order valence-electron chi connectivity index (χ3n) is 7.27. The molecule has 3 atom stereocenters. The van der Waals surface area contributed by atoms with Gasteiger partial charge < -0.3 is 5.32 Å². The number of nitrogens with zero attached hydrogens (tertiary/aromatic N) is 1. The number of benzene rings is 1. The molecule has 3 rings (SSSR count). The fourth-order valence-corrected chi connectivity index (χ4v) is 6.06. The van der Waals surface area contributed by atoms with Gasteiger partial charge in [0.1, 0.15) is 0 Å². The summed E-state index contributed by atoms with van der Waals surface area (Å²) in [4.78, 5) is 0. The van der Waals surface area contributed by atoms with E-state index in [2.05, 4.69) is 62.5 Å². The average molecular weight is 351 g/mol. The largest absolute Gasteiger partial charge is 0.313 e. The summed E-state index contributed by atoms with van der Waals surface area (Å²) in [5.74, 6) is 1.32. The van der Waals surface area contributed by atoms with Crippen molar-refractivity contribution in [3.8, 4) is 6.07 Å². The van der Waals surface area contributed by atoms with Gasteiger partial charge in [-0.15, -0.1) is 0 Å². The summed E-state index contributed by atoms with van der Waals surface area (Å²) in [7, 11) is 0. The Hall–Kier alpha value is -1.59. The molecule has 2 nitrogen and oxygen atoms in total. The highest BCUT2D eigenvalue weighted by atomic mass is 14.8. The number of hydrogen-bond donors (Lipinski definition) is 1. The second kappa shape index (κ2) is 7.97. The van der Waals surface area contributed by atoms with E-state index in [1.54, 1.807) is 0 Å². The van der Waals surface area contributed by atoms with Crippen LogP contribution in [0, 0.1) is 34.0 Å². The van der Waals surface area contributed by atoms with Gasteiger partial charge in [-0.05, 0) is 66.9 Å². The first-order valence-corrected chi connectivity index (χ1v) is 10.3. The Bertz CT molecular complexity index is 667. The zero-order valence-electron chi connectivity index (χ0n) is 16.7. The first-order chi connectivity index (χ1) is 12.5. The van der Waals surface area contributed by atoms with Gasteiger partial charge in [-0.25, -0.2) is 0 Å². The van der Waals surface area contributed by atoms with Crippen LogP contribution in [0.1, 0.15) is 64.9 Å². The van der Waals surface area contributed by atoms with E-state index in [1.807, 2.05) is 6.08 Å². The molecule has 2 aliphatic rings. The molecule has 2 heteroatoms. The quantitative estimate of drug-likeness (QED) is 0.533. The fourth-order valence-electron chi connectivity index (χ4n) is 6.06. The Balaban J connectivity index is 1.70. The zero-order chi connectivity index (χ0) is 18.6. The molecular weight excluding hydrogens is 316 g/mol. The van der Waals surface area contributed by atoms with Crippen LogP contribution in [-0.2, 0) is 6.54 Å². The van der Waals surface area contributed by atoms with Gasteiger partial charge >= 0.3 is 0 Å². The Morgan fingerprint density at radius 1 is 1.19 bits per heavy atom. The van der Waals surface area contributed by atoms with E-state index in [0.717, 1.165) is 31.8 Å². The van der Waals surface area contributed by atoms with E-state index in [4.69, 9.17) is 0 Å². The second-order valence-corrected chi connectivity index (χ2v) is 9.29. The molecule has 0 aromatic heterocycles. The molecule has 140 valence electrons. The van der Waals surface area contributed by atoms with Crippen LogP contribution >= 0.6 is 0 Å². The predicted octanol–water partition coefficient (Wildman–Crippen LogP) is 5.86. The van der Waals surface area contributed by atoms with Gasteiger partial charge in [-0.2, -0.15) is 5.26 Å². The maximum Gasteiger partial charge on any atom is 0.0911 e. The second-order valence-electron chi connectivity index (χ2n) is 9.29. The lowest BCUT2D eigenvalue weighted by Gasteiger charge is -2.58. The summed E-state index contributed by atoms with van der Waals surface area (Å²) in [5.41, 5.74) is 3.52. The lowest BCUT2D eigenvalue weighted by Crippen LogP contribution is -2.50. The molecule has 0 aliphatic heterocycles. The number of fused-ring (bicyclic) bond motifs is 1. The third-order valence-corrected chi connectivity index (χ3v) is 7.27. The van der Waals surface area contributed by atoms with Crippen molar-refractivity contribution in [2.45, 2.75) is 65.8 Å². The van der Waals surface area contributed by atoms with E-state index >= 15 is 0 Å². The molecule has 1 N–H and O–H groups in total. The highest BCUT2D eigenvalue weighted by molar-refractivity contribution is 5.23. The van der Waals surface area contributed by atoms with E-state index in [1.165, 1.54) is 36.8 Å². The summed E-state index contributed by atoms with van der Waals surface area (Å²) >= 11 is 0. The average Bonchev–Trinajstić information content (AvgIpc) is 2.60. The number of nitrogens with one attached hydrogen (secondary N) is 1. The van der Waals surface area contributed by atoms with Crippen LogP contribution < -0.4 is 5.32 Å². The predicted molar refractivity (Wildman–Crippen MR) is 108 cm³/mol. The maximum absolute atomic E-state index is 9.30. The summed E-state index contributed by atoms with van der Waals surface area (Å²) < 4.78 is 0. The zero-order valence-corrected chi connectivity index (χ0v) is 16.7. The van der Waals surface area contributed by atoms with Gasteiger partial charge in [0.25, 0.3) is 0 Å². The number of allylic oxidation sites excluding steroid dienone is 2. The highest BCUT2D eigenvalue weighted by Gasteiger charge is 2.52. The van der Waals surface area contributed by atoms with Crippen molar-refractivity contribution in [1.29, 1.82) is 5.26 Å². The standard InChI is InChI=1S/C24H34N2/c1-23(2)14-7-15-24(3)21(20(12-16-25)10-11-22(23)24)13-17-26-18-19-8-5-4-6-9-19/h4-6,8-9,12,21-22,26H,7,10-11,13-15,17-18H2,1-3H3/b20-12+/t21-,22+,24-/m1/s1. The lowest BCUT2D eigenvalue weighted by atomic mass is 9.47. The maximum atomic E-state index is 9.30. The van der Waals surface area contributed by atoms with Crippen molar-refractivity contribution in [3.05, 3.63) is 47.5 Å². The van der Waals surface area contributed by atoms with Crippen molar-refractivity contribution in [2.75, 3.05) is 6.54 Å². The van der Waals surface area contributed by atoms with E-state index in [0.29, 0.717) is 16.7 Å². The fraction of sp³-hybridized carbons (Fsp3) is 0.625. The van der Waals surface area contributed by atoms with Gasteiger partial charge in [0.15, 0.2) is 0 Å². The molecule has 0 radical (unpaired) electrons. The van der Waals surface area contributed by atoms with Crippen LogP contribution in [0.4, 0.5) is 0 Å². The van der Waals surface area contributed by atoms with Crippen molar-refractivity contribution in [2.24, 2.45) is 22.7 Å². The Labute approximate surface area is 159 Å². The SMILES string of the molecule is CC1(C)CCC[C@]2(C)[C@H](CCNCc3ccccc3)/C(=C/C#N)CC[C@@H]12. The van der Waals surface area contributed by atoms with Gasteiger partial charge in [0, 0.05) is 12.6 Å². The molecule has 2 saturated carbocycles. The summed E-state index contributed by atoms with van der Waals surface area (Å²) in [6.07, 6.45) is 9.37. The molecule has 2 fully saturated rings.